The lowest BCUT2D eigenvalue weighted by Crippen LogP contribution is -2.55. The quantitative estimate of drug-likeness (QED) is 0.391. The Morgan fingerprint density at radius 1 is 0.872 bits per heavy atom. The van der Waals surface area contributed by atoms with Crippen molar-refractivity contribution in [3.05, 3.63) is 95.6 Å². The van der Waals surface area contributed by atoms with E-state index in [1.165, 1.54) is 17.0 Å². The van der Waals surface area contributed by atoms with Gasteiger partial charge in [-0.1, -0.05) is 54.6 Å². The molecular weight excluding hydrogens is 510 g/mol. The van der Waals surface area contributed by atoms with Crippen LogP contribution in [0.15, 0.2) is 83.8 Å². The molecule has 0 spiro atoms. The smallest absolute Gasteiger partial charge is 0.264 e. The van der Waals surface area contributed by atoms with Crippen LogP contribution < -0.4 is 9.62 Å². The van der Waals surface area contributed by atoms with Gasteiger partial charge in [-0.2, -0.15) is 0 Å². The molecule has 3 aromatic carbocycles. The molecule has 0 saturated heterocycles. The summed E-state index contributed by atoms with van der Waals surface area (Å²) in [5.74, 6) is -0.756. The van der Waals surface area contributed by atoms with Gasteiger partial charge in [0, 0.05) is 12.1 Å². The number of amides is 2. The summed E-state index contributed by atoms with van der Waals surface area (Å²) >= 11 is 0. The third-order valence-electron chi connectivity index (χ3n) is 6.25. The molecule has 2 amide bonds. The van der Waals surface area contributed by atoms with Gasteiger partial charge in [0.2, 0.25) is 11.8 Å². The van der Waals surface area contributed by atoms with Crippen molar-refractivity contribution in [2.45, 2.75) is 64.4 Å². The molecule has 0 bridgehead atoms. The summed E-state index contributed by atoms with van der Waals surface area (Å²) in [5.41, 5.74) is 2.69. The molecule has 8 heteroatoms. The number of hydrogen-bond donors (Lipinski definition) is 1. The van der Waals surface area contributed by atoms with E-state index in [0.717, 1.165) is 21.0 Å². The second-order valence-electron chi connectivity index (χ2n) is 10.9. The number of benzene rings is 3. The maximum Gasteiger partial charge on any atom is 0.264 e. The molecule has 0 fully saturated rings. The fourth-order valence-electron chi connectivity index (χ4n) is 4.39. The third-order valence-corrected chi connectivity index (χ3v) is 8.04. The first kappa shape index (κ1) is 29.9. The van der Waals surface area contributed by atoms with Crippen LogP contribution in [0.2, 0.25) is 0 Å². The Hall–Kier alpha value is -3.65. The summed E-state index contributed by atoms with van der Waals surface area (Å²) in [6, 6.07) is 22.4. The lowest BCUT2D eigenvalue weighted by atomic mass is 10.1. The fraction of sp³-hybridized carbons (Fsp3) is 0.355. The van der Waals surface area contributed by atoms with Crippen molar-refractivity contribution < 1.29 is 18.0 Å². The van der Waals surface area contributed by atoms with E-state index in [1.807, 2.05) is 71.0 Å². The van der Waals surface area contributed by atoms with Gasteiger partial charge < -0.3 is 10.2 Å². The number of carbonyl (C=O) groups is 2. The van der Waals surface area contributed by atoms with Gasteiger partial charge in [-0.05, 0) is 88.9 Å². The number of nitrogens with one attached hydrogen (secondary N) is 1. The Morgan fingerprint density at radius 3 is 1.95 bits per heavy atom. The zero-order chi connectivity index (χ0) is 28.8. The summed E-state index contributed by atoms with van der Waals surface area (Å²) < 4.78 is 28.9. The lowest BCUT2D eigenvalue weighted by Gasteiger charge is -2.33. The van der Waals surface area contributed by atoms with Gasteiger partial charge in [-0.25, -0.2) is 8.42 Å². The van der Waals surface area contributed by atoms with E-state index in [9.17, 15) is 18.0 Å². The number of aryl methyl sites for hydroxylation is 2. The Morgan fingerprint density at radius 2 is 1.41 bits per heavy atom. The first-order valence-corrected chi connectivity index (χ1v) is 14.5. The van der Waals surface area contributed by atoms with Crippen LogP contribution in [0.5, 0.6) is 0 Å². The summed E-state index contributed by atoms with van der Waals surface area (Å²) in [4.78, 5) is 28.7. The molecule has 3 aromatic rings. The average molecular weight is 550 g/mol. The van der Waals surface area contributed by atoms with Crippen LogP contribution in [0.25, 0.3) is 0 Å². The van der Waals surface area contributed by atoms with Crippen molar-refractivity contribution in [3.63, 3.8) is 0 Å². The summed E-state index contributed by atoms with van der Waals surface area (Å²) in [6.07, 6.45) is 0.523. The molecule has 39 heavy (non-hydrogen) atoms. The minimum absolute atomic E-state index is 0.0892. The van der Waals surface area contributed by atoms with Crippen LogP contribution >= 0.6 is 0 Å². The molecule has 0 aliphatic heterocycles. The van der Waals surface area contributed by atoms with Gasteiger partial charge in [-0.3, -0.25) is 13.9 Å². The highest BCUT2D eigenvalue weighted by Gasteiger charge is 2.33. The number of nitrogens with zero attached hydrogens (tertiary/aromatic N) is 2. The molecule has 7 nitrogen and oxygen atoms in total. The van der Waals surface area contributed by atoms with Crippen LogP contribution in [0.1, 0.15) is 44.4 Å². The predicted molar refractivity (Wildman–Crippen MR) is 156 cm³/mol. The van der Waals surface area contributed by atoms with Crippen molar-refractivity contribution in [1.82, 2.24) is 10.2 Å². The maximum absolute atomic E-state index is 13.9. The first-order valence-electron chi connectivity index (χ1n) is 13.1. The highest BCUT2D eigenvalue weighted by atomic mass is 32.2. The van der Waals surface area contributed by atoms with Crippen LogP contribution in [0, 0.1) is 13.8 Å². The minimum Gasteiger partial charge on any atom is -0.350 e. The highest BCUT2D eigenvalue weighted by Crippen LogP contribution is 2.26. The van der Waals surface area contributed by atoms with Crippen LogP contribution in [0.4, 0.5) is 5.69 Å². The van der Waals surface area contributed by atoms with Gasteiger partial charge in [0.05, 0.1) is 10.6 Å². The molecule has 0 aliphatic carbocycles. The minimum atomic E-state index is -4.07. The monoisotopic (exact) mass is 549 g/mol. The van der Waals surface area contributed by atoms with E-state index in [1.54, 1.807) is 37.3 Å². The second kappa shape index (κ2) is 12.5. The molecule has 0 heterocycles. The van der Waals surface area contributed by atoms with Crippen molar-refractivity contribution in [2.24, 2.45) is 0 Å². The molecule has 0 aliphatic rings. The third kappa shape index (κ3) is 8.17. The van der Waals surface area contributed by atoms with Gasteiger partial charge in [0.1, 0.15) is 12.6 Å². The number of rotatable bonds is 10. The SMILES string of the molecule is Cc1cc(C)cc(N(CC(=O)N(CCc2ccccc2)[C@H](C)C(=O)NC(C)(C)C)S(=O)(=O)c2ccccc2)c1. The summed E-state index contributed by atoms with van der Waals surface area (Å²) in [5, 5.41) is 2.94. The zero-order valence-corrected chi connectivity index (χ0v) is 24.5. The fourth-order valence-corrected chi connectivity index (χ4v) is 5.81. The Labute approximate surface area is 232 Å². The van der Waals surface area contributed by atoms with Gasteiger partial charge in [0.15, 0.2) is 0 Å². The van der Waals surface area contributed by atoms with E-state index < -0.39 is 34.1 Å². The van der Waals surface area contributed by atoms with Crippen molar-refractivity contribution in [3.8, 4) is 0 Å². The van der Waals surface area contributed by atoms with Crippen molar-refractivity contribution in [1.29, 1.82) is 0 Å². The summed E-state index contributed by atoms with van der Waals surface area (Å²) in [7, 11) is -4.07. The molecule has 3 rings (SSSR count). The first-order chi connectivity index (χ1) is 18.3. The number of sulfonamides is 1. The van der Waals surface area contributed by atoms with Crippen LogP contribution in [0.3, 0.4) is 0 Å². The molecule has 0 aromatic heterocycles. The Bertz CT molecular complexity index is 1360. The molecule has 0 saturated carbocycles. The molecule has 1 atom stereocenters. The van der Waals surface area contributed by atoms with Crippen molar-refractivity contribution in [2.75, 3.05) is 17.4 Å². The average Bonchev–Trinajstić information content (AvgIpc) is 2.86. The largest absolute Gasteiger partial charge is 0.350 e. The van der Waals surface area contributed by atoms with Crippen molar-refractivity contribution >= 4 is 27.5 Å². The topological polar surface area (TPSA) is 86.8 Å². The zero-order valence-electron chi connectivity index (χ0n) is 23.6. The van der Waals surface area contributed by atoms with E-state index in [2.05, 4.69) is 5.32 Å². The lowest BCUT2D eigenvalue weighted by molar-refractivity contribution is -0.139. The maximum atomic E-state index is 13.9. The number of anilines is 1. The standard InChI is InChI=1S/C31H39N3O4S/c1-23-19-24(2)21-27(20-23)34(39(37,38)28-15-11-8-12-16-28)22-29(35)33(18-17-26-13-9-7-10-14-26)25(3)30(36)32-31(4,5)6/h7-16,19-21,25H,17-18,22H2,1-6H3,(H,32,36)/t25-/m1/s1. The molecular formula is C31H39N3O4S. The highest BCUT2D eigenvalue weighted by molar-refractivity contribution is 7.92. The van der Waals surface area contributed by atoms with Gasteiger partial charge in [-0.15, -0.1) is 0 Å². The van der Waals surface area contributed by atoms with E-state index in [0.29, 0.717) is 12.1 Å². The molecule has 0 radical (unpaired) electrons. The van der Waals surface area contributed by atoms with E-state index in [4.69, 9.17) is 0 Å². The Kier molecular flexibility index (Phi) is 9.56. The van der Waals surface area contributed by atoms with E-state index in [-0.39, 0.29) is 17.3 Å². The number of hydrogen-bond acceptors (Lipinski definition) is 4. The normalized spacial score (nSPS) is 12.5. The number of carbonyl (C=O) groups excluding carboxylic acids is 2. The summed E-state index contributed by atoms with van der Waals surface area (Å²) in [6.45, 7) is 10.9. The van der Waals surface area contributed by atoms with E-state index >= 15 is 0 Å². The van der Waals surface area contributed by atoms with Gasteiger partial charge >= 0.3 is 0 Å². The Balaban J connectivity index is 2.00. The van der Waals surface area contributed by atoms with Crippen LogP contribution in [-0.4, -0.2) is 49.8 Å². The molecule has 1 N–H and O–H groups in total. The van der Waals surface area contributed by atoms with Gasteiger partial charge in [0.25, 0.3) is 10.0 Å². The predicted octanol–water partition coefficient (Wildman–Crippen LogP) is 4.87. The second-order valence-corrected chi connectivity index (χ2v) is 12.8. The molecule has 208 valence electrons. The molecule has 0 unspecified atom stereocenters. The van der Waals surface area contributed by atoms with Crippen LogP contribution in [-0.2, 0) is 26.0 Å².